The zero-order valence-electron chi connectivity index (χ0n) is 23.6. The van der Waals surface area contributed by atoms with Crippen molar-refractivity contribution in [2.45, 2.75) is 58.4 Å². The van der Waals surface area contributed by atoms with Crippen molar-refractivity contribution in [1.82, 2.24) is 0 Å². The first-order chi connectivity index (χ1) is 20.8. The number of hydrogen-bond acceptors (Lipinski definition) is 14. The van der Waals surface area contributed by atoms with Crippen molar-refractivity contribution < 1.29 is 67.0 Å². The maximum absolute atomic E-state index is 13.1. The Hall–Kier alpha value is -5.44. The predicted octanol–water partition coefficient (Wildman–Crippen LogP) is 2.07. The van der Waals surface area contributed by atoms with Crippen LogP contribution in [0.25, 0.3) is 22.3 Å². The number of aliphatic carboxylic acids is 1. The van der Waals surface area contributed by atoms with E-state index in [2.05, 4.69) is 0 Å². The monoisotopic (exact) mass is 614 g/mol. The lowest BCUT2D eigenvalue weighted by atomic mass is 9.97. The van der Waals surface area contributed by atoms with Gasteiger partial charge in [-0.2, -0.15) is 0 Å². The van der Waals surface area contributed by atoms with Crippen LogP contribution in [0.1, 0.15) is 27.7 Å². The summed E-state index contributed by atoms with van der Waals surface area (Å²) in [6.45, 7) is 3.92. The van der Waals surface area contributed by atoms with Crippen LogP contribution >= 0.6 is 0 Å². The number of hydrogen-bond donors (Lipinski definition) is 2. The molecular formula is C29H26O15. The van der Waals surface area contributed by atoms with Crippen molar-refractivity contribution in [3.63, 3.8) is 0 Å². The maximum Gasteiger partial charge on any atom is 0.337 e. The Morgan fingerprint density at radius 2 is 1.39 bits per heavy atom. The summed E-state index contributed by atoms with van der Waals surface area (Å²) in [5, 5.41) is 20.5. The molecule has 44 heavy (non-hydrogen) atoms. The van der Waals surface area contributed by atoms with E-state index < -0.39 is 83.2 Å². The van der Waals surface area contributed by atoms with Crippen molar-refractivity contribution in [3.8, 4) is 28.6 Å². The van der Waals surface area contributed by atoms with Crippen LogP contribution in [-0.2, 0) is 42.9 Å². The summed E-state index contributed by atoms with van der Waals surface area (Å²) in [6.07, 6.45) is -9.33. The zero-order chi connectivity index (χ0) is 32.3. The number of aromatic hydroxyl groups is 1. The lowest BCUT2D eigenvalue weighted by molar-refractivity contribution is -0.282. The summed E-state index contributed by atoms with van der Waals surface area (Å²) in [4.78, 5) is 73.1. The Kier molecular flexibility index (Phi) is 9.18. The zero-order valence-corrected chi connectivity index (χ0v) is 23.6. The molecule has 15 nitrogen and oxygen atoms in total. The van der Waals surface area contributed by atoms with Crippen molar-refractivity contribution in [2.24, 2.45) is 0 Å². The second-order valence-corrected chi connectivity index (χ2v) is 9.46. The average molecular weight is 615 g/mol. The summed E-state index contributed by atoms with van der Waals surface area (Å²) in [7, 11) is 0. The van der Waals surface area contributed by atoms with Crippen LogP contribution < -0.4 is 14.9 Å². The van der Waals surface area contributed by atoms with Gasteiger partial charge in [-0.25, -0.2) is 4.79 Å². The number of ether oxygens (including phenoxy) is 6. The van der Waals surface area contributed by atoms with Gasteiger partial charge in [0.2, 0.25) is 18.1 Å². The number of carboxylic acids is 1. The molecular weight excluding hydrogens is 588 g/mol. The van der Waals surface area contributed by atoms with E-state index in [1.807, 2.05) is 0 Å². The van der Waals surface area contributed by atoms with E-state index >= 15 is 0 Å². The van der Waals surface area contributed by atoms with E-state index in [1.165, 1.54) is 0 Å². The fraction of sp³-hybridized carbons (Fsp3) is 0.310. The highest BCUT2D eigenvalue weighted by molar-refractivity contribution is 5.91. The van der Waals surface area contributed by atoms with Gasteiger partial charge in [0.1, 0.15) is 16.7 Å². The highest BCUT2D eigenvalue weighted by Crippen LogP contribution is 2.44. The maximum atomic E-state index is 13.1. The van der Waals surface area contributed by atoms with Crippen molar-refractivity contribution in [1.29, 1.82) is 0 Å². The van der Waals surface area contributed by atoms with Crippen molar-refractivity contribution >= 4 is 40.8 Å². The van der Waals surface area contributed by atoms with E-state index in [1.54, 1.807) is 30.3 Å². The first-order valence-corrected chi connectivity index (χ1v) is 12.9. The number of esters is 4. The first-order valence-electron chi connectivity index (χ1n) is 12.9. The summed E-state index contributed by atoms with van der Waals surface area (Å²) >= 11 is 0. The van der Waals surface area contributed by atoms with Gasteiger partial charge in [-0.05, 0) is 0 Å². The fourth-order valence-electron chi connectivity index (χ4n) is 4.53. The molecule has 0 radical (unpaired) electrons. The third-order valence-electron chi connectivity index (χ3n) is 6.10. The molecule has 2 heterocycles. The Balaban J connectivity index is 1.90. The molecule has 1 aliphatic rings. The molecule has 2 aromatic carbocycles. The van der Waals surface area contributed by atoms with Gasteiger partial charge >= 0.3 is 29.8 Å². The molecule has 1 saturated heterocycles. The van der Waals surface area contributed by atoms with Crippen LogP contribution in [0.5, 0.6) is 17.2 Å². The Morgan fingerprint density at radius 3 is 1.95 bits per heavy atom. The quantitative estimate of drug-likeness (QED) is 0.211. The molecule has 1 fully saturated rings. The molecule has 4 rings (SSSR count). The van der Waals surface area contributed by atoms with Crippen LogP contribution in [0.2, 0.25) is 0 Å². The van der Waals surface area contributed by atoms with E-state index in [0.29, 0.717) is 5.56 Å². The third kappa shape index (κ3) is 6.78. The van der Waals surface area contributed by atoms with Gasteiger partial charge in [0, 0.05) is 45.4 Å². The molecule has 0 spiro atoms. The molecule has 5 atom stereocenters. The molecule has 0 saturated carbocycles. The third-order valence-corrected chi connectivity index (χ3v) is 6.10. The number of phenols is 1. The normalized spacial score (nSPS) is 21.1. The van der Waals surface area contributed by atoms with Crippen LogP contribution in [0, 0.1) is 0 Å². The number of benzene rings is 2. The summed E-state index contributed by atoms with van der Waals surface area (Å²) in [5.74, 6) is -7.51. The summed E-state index contributed by atoms with van der Waals surface area (Å²) < 4.78 is 37.9. The molecule has 1 aliphatic heterocycles. The smallest absolute Gasteiger partial charge is 0.337 e. The van der Waals surface area contributed by atoms with Gasteiger partial charge in [0.15, 0.2) is 35.2 Å². The summed E-state index contributed by atoms with van der Waals surface area (Å²) in [6, 6.07) is 10.6. The number of carbonyl (C=O) groups excluding carboxylic acids is 4. The second kappa shape index (κ2) is 12.8. The minimum absolute atomic E-state index is 0.102. The highest BCUT2D eigenvalue weighted by atomic mass is 16.7. The number of rotatable bonds is 8. The van der Waals surface area contributed by atoms with Gasteiger partial charge in [-0.15, -0.1) is 0 Å². The van der Waals surface area contributed by atoms with Gasteiger partial charge < -0.3 is 43.1 Å². The largest absolute Gasteiger partial charge is 0.504 e. The number of carbonyl (C=O) groups is 5. The minimum atomic E-state index is -2.03. The number of phenolic OH excluding ortho intramolecular Hbond substituents is 1. The van der Waals surface area contributed by atoms with Gasteiger partial charge in [0.05, 0.1) is 0 Å². The fourth-order valence-corrected chi connectivity index (χ4v) is 4.53. The lowest BCUT2D eigenvalue weighted by Gasteiger charge is -2.42. The molecule has 3 aromatic rings. The average Bonchev–Trinajstić information content (AvgIpc) is 2.92. The topological polar surface area (TPSA) is 211 Å². The highest BCUT2D eigenvalue weighted by Gasteiger charge is 2.55. The predicted molar refractivity (Wildman–Crippen MR) is 144 cm³/mol. The summed E-state index contributed by atoms with van der Waals surface area (Å²) in [5.41, 5.74) is -0.448. The molecule has 1 aromatic heterocycles. The SMILES string of the molecule is CC(=O)Oc1c(O[C@@H]2O[C@H](C(=O)O)[C@@H](OC(C)=O)[C@H](OC(C)=O)[C@H]2OC(C)=O)cc2oc(-c3ccccc3)cc(=O)c2c1O. The lowest BCUT2D eigenvalue weighted by Crippen LogP contribution is -2.64. The van der Waals surface area contributed by atoms with Crippen molar-refractivity contribution in [2.75, 3.05) is 0 Å². The molecule has 232 valence electrons. The molecule has 0 amide bonds. The molecule has 0 aliphatic carbocycles. The molecule has 2 N–H and O–H groups in total. The van der Waals surface area contributed by atoms with Gasteiger partial charge in [-0.3, -0.25) is 24.0 Å². The number of carboxylic acid groups (broad SMARTS) is 1. The second-order valence-electron chi connectivity index (χ2n) is 9.46. The van der Waals surface area contributed by atoms with Gasteiger partial charge in [-0.1, -0.05) is 30.3 Å². The van der Waals surface area contributed by atoms with Crippen LogP contribution in [0.15, 0.2) is 51.7 Å². The Bertz CT molecular complexity index is 1680. The number of fused-ring (bicyclic) bond motifs is 1. The standard InChI is InChI=1S/C29H26O15/c1-12(30)38-23-20(11-19-21(22(23)35)17(34)10-18(42-19)16-8-6-5-7-9-16)43-29-27(41-15(4)33)25(40-14(3)32)24(39-13(2)31)26(44-29)28(36)37/h5-11,24-27,29,35H,1-4H3,(H,36,37)/t24-,25-,26-,27+,29+/m0/s1. The van der Waals surface area contributed by atoms with Gasteiger partial charge in [0.25, 0.3) is 0 Å². The minimum Gasteiger partial charge on any atom is -0.504 e. The Morgan fingerprint density at radius 1 is 0.795 bits per heavy atom. The van der Waals surface area contributed by atoms with Crippen LogP contribution in [0.3, 0.4) is 0 Å². The Labute approximate surface area is 247 Å². The molecule has 0 bridgehead atoms. The van der Waals surface area contributed by atoms with E-state index in [9.17, 15) is 39.0 Å². The molecule has 0 unspecified atom stereocenters. The first kappa shape index (κ1) is 31.5. The van der Waals surface area contributed by atoms with Crippen molar-refractivity contribution in [3.05, 3.63) is 52.7 Å². The van der Waals surface area contributed by atoms with Crippen LogP contribution in [0.4, 0.5) is 0 Å². The van der Waals surface area contributed by atoms with E-state index in [-0.39, 0.29) is 16.7 Å². The molecule has 15 heteroatoms. The van der Waals surface area contributed by atoms with E-state index in [0.717, 1.165) is 39.8 Å². The van der Waals surface area contributed by atoms with E-state index in [4.69, 9.17) is 32.8 Å². The van der Waals surface area contributed by atoms with Crippen LogP contribution in [-0.4, -0.2) is 70.8 Å².